The summed E-state index contributed by atoms with van der Waals surface area (Å²) in [6.45, 7) is 11.2. The van der Waals surface area contributed by atoms with Gasteiger partial charge in [0.2, 0.25) is 0 Å². The molecule has 0 heterocycles. The summed E-state index contributed by atoms with van der Waals surface area (Å²) in [5.74, 6) is 1.89. The highest BCUT2D eigenvalue weighted by Crippen LogP contribution is 2.36. The van der Waals surface area contributed by atoms with E-state index in [4.69, 9.17) is 0 Å². The van der Waals surface area contributed by atoms with Crippen LogP contribution in [0.5, 0.6) is 0 Å². The average Bonchev–Trinajstić information content (AvgIpc) is 2.86. The van der Waals surface area contributed by atoms with E-state index in [0.29, 0.717) is 0 Å². The van der Waals surface area contributed by atoms with E-state index in [1.165, 1.54) is 35.2 Å². The lowest BCUT2D eigenvalue weighted by molar-refractivity contribution is 0.609. The number of hydrogen-bond donors (Lipinski definition) is 1. The molecule has 0 aromatic heterocycles. The third-order valence-electron chi connectivity index (χ3n) is 3.82. The Hall–Kier alpha value is -0.820. The van der Waals surface area contributed by atoms with E-state index in [0.717, 1.165) is 18.4 Å². The molecule has 0 saturated heterocycles. The molecule has 1 aliphatic carbocycles. The molecule has 2 unspecified atom stereocenters. The van der Waals surface area contributed by atoms with Crippen molar-refractivity contribution in [3.63, 3.8) is 0 Å². The summed E-state index contributed by atoms with van der Waals surface area (Å²) in [5, 5.41) is 3.60. The minimum Gasteiger partial charge on any atom is -0.312 e. The van der Waals surface area contributed by atoms with Crippen molar-refractivity contribution in [1.29, 1.82) is 0 Å². The third kappa shape index (κ3) is 2.65. The summed E-state index contributed by atoms with van der Waals surface area (Å²) >= 11 is 0. The Labute approximate surface area is 99.3 Å². The molecule has 1 N–H and O–H groups in total. The summed E-state index contributed by atoms with van der Waals surface area (Å²) in [7, 11) is 0. The van der Waals surface area contributed by atoms with Crippen LogP contribution in [0.2, 0.25) is 0 Å². The molecule has 2 rings (SSSR count). The van der Waals surface area contributed by atoms with Crippen LogP contribution in [-0.2, 0) is 6.54 Å². The zero-order valence-electron chi connectivity index (χ0n) is 10.9. The van der Waals surface area contributed by atoms with E-state index >= 15 is 0 Å². The van der Waals surface area contributed by atoms with E-state index in [-0.39, 0.29) is 0 Å². The first-order valence-electron chi connectivity index (χ1n) is 6.35. The van der Waals surface area contributed by atoms with Crippen LogP contribution in [0.15, 0.2) is 12.1 Å². The fourth-order valence-corrected chi connectivity index (χ4v) is 2.55. The first-order chi connectivity index (χ1) is 7.58. The highest BCUT2D eigenvalue weighted by atomic mass is 14.9. The number of nitrogens with one attached hydrogen (secondary N) is 1. The van der Waals surface area contributed by atoms with Crippen LogP contribution in [0.1, 0.15) is 35.6 Å². The van der Waals surface area contributed by atoms with Crippen LogP contribution >= 0.6 is 0 Å². The minimum absolute atomic E-state index is 0.936. The zero-order chi connectivity index (χ0) is 11.7. The van der Waals surface area contributed by atoms with Crippen LogP contribution in [-0.4, -0.2) is 6.54 Å². The largest absolute Gasteiger partial charge is 0.312 e. The SMILES string of the molecule is Cc1cc(C)c(CNCC2CC2C)c(C)c1. The molecule has 1 aliphatic rings. The van der Waals surface area contributed by atoms with Gasteiger partial charge >= 0.3 is 0 Å². The van der Waals surface area contributed by atoms with E-state index in [9.17, 15) is 0 Å². The van der Waals surface area contributed by atoms with Gasteiger partial charge in [-0.3, -0.25) is 0 Å². The summed E-state index contributed by atoms with van der Waals surface area (Å²) in [5.41, 5.74) is 5.70. The van der Waals surface area contributed by atoms with Gasteiger partial charge in [-0.1, -0.05) is 24.6 Å². The van der Waals surface area contributed by atoms with Crippen molar-refractivity contribution in [2.24, 2.45) is 11.8 Å². The molecule has 0 aliphatic heterocycles. The van der Waals surface area contributed by atoms with Crippen molar-refractivity contribution in [1.82, 2.24) is 5.32 Å². The fourth-order valence-electron chi connectivity index (χ4n) is 2.55. The lowest BCUT2D eigenvalue weighted by Gasteiger charge is -2.12. The second-order valence-corrected chi connectivity index (χ2v) is 5.48. The molecule has 1 saturated carbocycles. The van der Waals surface area contributed by atoms with Gasteiger partial charge in [0.15, 0.2) is 0 Å². The monoisotopic (exact) mass is 217 g/mol. The van der Waals surface area contributed by atoms with Gasteiger partial charge in [-0.15, -0.1) is 0 Å². The Morgan fingerprint density at radius 1 is 1.19 bits per heavy atom. The van der Waals surface area contributed by atoms with Crippen molar-refractivity contribution in [2.75, 3.05) is 6.54 Å². The van der Waals surface area contributed by atoms with Gasteiger partial charge in [0.1, 0.15) is 0 Å². The molecule has 1 aromatic carbocycles. The molecule has 1 heteroatoms. The van der Waals surface area contributed by atoms with Gasteiger partial charge in [-0.05, 0) is 62.3 Å². The van der Waals surface area contributed by atoms with Crippen molar-refractivity contribution in [2.45, 2.75) is 40.7 Å². The fraction of sp³-hybridized carbons (Fsp3) is 0.600. The third-order valence-corrected chi connectivity index (χ3v) is 3.82. The second kappa shape index (κ2) is 4.58. The van der Waals surface area contributed by atoms with E-state index in [1.807, 2.05) is 0 Å². The smallest absolute Gasteiger partial charge is 0.0210 e. The van der Waals surface area contributed by atoms with Crippen molar-refractivity contribution < 1.29 is 0 Å². The van der Waals surface area contributed by atoms with Gasteiger partial charge in [0, 0.05) is 6.54 Å². The molecule has 16 heavy (non-hydrogen) atoms. The number of benzene rings is 1. The highest BCUT2D eigenvalue weighted by Gasteiger charge is 2.31. The van der Waals surface area contributed by atoms with Gasteiger partial charge in [0.05, 0.1) is 0 Å². The summed E-state index contributed by atoms with van der Waals surface area (Å²) < 4.78 is 0. The maximum absolute atomic E-state index is 3.60. The molecule has 1 nitrogen and oxygen atoms in total. The summed E-state index contributed by atoms with van der Waals surface area (Å²) in [6.07, 6.45) is 1.42. The topological polar surface area (TPSA) is 12.0 Å². The highest BCUT2D eigenvalue weighted by molar-refractivity contribution is 5.37. The van der Waals surface area contributed by atoms with E-state index < -0.39 is 0 Å². The molecule has 0 spiro atoms. The molecule has 2 atom stereocenters. The Balaban J connectivity index is 1.93. The average molecular weight is 217 g/mol. The van der Waals surface area contributed by atoms with Crippen LogP contribution in [0.4, 0.5) is 0 Å². The van der Waals surface area contributed by atoms with E-state index in [1.54, 1.807) is 0 Å². The molecule has 0 bridgehead atoms. The Morgan fingerprint density at radius 2 is 1.75 bits per heavy atom. The molecule has 0 radical (unpaired) electrons. The summed E-state index contributed by atoms with van der Waals surface area (Å²) in [4.78, 5) is 0. The predicted octanol–water partition coefficient (Wildman–Crippen LogP) is 3.36. The molecule has 0 amide bonds. The van der Waals surface area contributed by atoms with Gasteiger partial charge in [-0.25, -0.2) is 0 Å². The molecular formula is C15H23N. The lowest BCUT2D eigenvalue weighted by Crippen LogP contribution is -2.18. The first-order valence-corrected chi connectivity index (χ1v) is 6.35. The standard InChI is InChI=1S/C15H23N/c1-10-5-12(3)15(13(4)6-10)9-16-8-14-7-11(14)2/h5-6,11,14,16H,7-9H2,1-4H3. The van der Waals surface area contributed by atoms with Gasteiger partial charge < -0.3 is 5.32 Å². The Bertz CT molecular complexity index is 358. The zero-order valence-corrected chi connectivity index (χ0v) is 10.9. The number of hydrogen-bond acceptors (Lipinski definition) is 1. The van der Waals surface area contributed by atoms with Crippen molar-refractivity contribution >= 4 is 0 Å². The Kier molecular flexibility index (Phi) is 3.34. The van der Waals surface area contributed by atoms with Crippen molar-refractivity contribution in [3.8, 4) is 0 Å². The number of aryl methyl sites for hydroxylation is 3. The molecule has 1 fully saturated rings. The first kappa shape index (κ1) is 11.7. The molecule has 1 aromatic rings. The van der Waals surface area contributed by atoms with Gasteiger partial charge in [0.25, 0.3) is 0 Å². The maximum Gasteiger partial charge on any atom is 0.0210 e. The van der Waals surface area contributed by atoms with Crippen LogP contribution in [0.3, 0.4) is 0 Å². The van der Waals surface area contributed by atoms with Crippen molar-refractivity contribution in [3.05, 3.63) is 34.4 Å². The van der Waals surface area contributed by atoms with Gasteiger partial charge in [-0.2, -0.15) is 0 Å². The summed E-state index contributed by atoms with van der Waals surface area (Å²) in [6, 6.07) is 4.56. The molecule has 88 valence electrons. The maximum atomic E-state index is 3.60. The number of rotatable bonds is 4. The van der Waals surface area contributed by atoms with Crippen LogP contribution in [0.25, 0.3) is 0 Å². The minimum atomic E-state index is 0.936. The quantitative estimate of drug-likeness (QED) is 0.815. The lowest BCUT2D eigenvalue weighted by atomic mass is 10.00. The predicted molar refractivity (Wildman–Crippen MR) is 69.6 cm³/mol. The normalized spacial score (nSPS) is 23.5. The second-order valence-electron chi connectivity index (χ2n) is 5.48. The van der Waals surface area contributed by atoms with Crippen LogP contribution < -0.4 is 5.32 Å². The Morgan fingerprint density at radius 3 is 2.25 bits per heavy atom. The molecular weight excluding hydrogens is 194 g/mol. The van der Waals surface area contributed by atoms with Crippen LogP contribution in [0, 0.1) is 32.6 Å². The van der Waals surface area contributed by atoms with E-state index in [2.05, 4.69) is 45.1 Å².